The lowest BCUT2D eigenvalue weighted by Gasteiger charge is -2.05. The molecule has 94 valence electrons. The number of nitrogens with one attached hydrogen (secondary N) is 1. The predicted octanol–water partition coefficient (Wildman–Crippen LogP) is 3.75. The zero-order chi connectivity index (χ0) is 13.0. The number of carbonyl (C=O) groups is 1. The minimum Gasteiger partial charge on any atom is -0.469 e. The molecule has 0 bridgehead atoms. The van der Waals surface area contributed by atoms with Crippen LogP contribution in [0.4, 0.5) is 10.1 Å². The van der Waals surface area contributed by atoms with Gasteiger partial charge in [-0.15, -0.1) is 0 Å². The summed E-state index contributed by atoms with van der Waals surface area (Å²) in [5, 5.41) is 2.70. The number of aryl methyl sites for hydroxylation is 1. The van der Waals surface area contributed by atoms with Crippen LogP contribution in [0.3, 0.4) is 0 Å². The molecular formula is C13H11BrFNO2. The first kappa shape index (κ1) is 12.8. The molecule has 0 saturated heterocycles. The Labute approximate surface area is 112 Å². The van der Waals surface area contributed by atoms with Crippen LogP contribution in [0.2, 0.25) is 0 Å². The van der Waals surface area contributed by atoms with E-state index in [9.17, 15) is 9.18 Å². The van der Waals surface area contributed by atoms with Crippen LogP contribution in [0.1, 0.15) is 12.2 Å². The molecule has 1 heterocycles. The quantitative estimate of drug-likeness (QED) is 0.934. The highest BCUT2D eigenvalue weighted by atomic mass is 79.9. The Kier molecular flexibility index (Phi) is 4.15. The Hall–Kier alpha value is -1.62. The number of anilines is 1. The van der Waals surface area contributed by atoms with Gasteiger partial charge < -0.3 is 9.73 Å². The van der Waals surface area contributed by atoms with Gasteiger partial charge in [0.05, 0.1) is 10.7 Å². The van der Waals surface area contributed by atoms with Crippen LogP contribution in [-0.2, 0) is 11.2 Å². The molecule has 0 aliphatic rings. The lowest BCUT2D eigenvalue weighted by Crippen LogP contribution is -2.12. The van der Waals surface area contributed by atoms with Gasteiger partial charge in [0.1, 0.15) is 11.6 Å². The fourth-order valence-corrected chi connectivity index (χ4v) is 1.87. The zero-order valence-corrected chi connectivity index (χ0v) is 11.0. The van der Waals surface area contributed by atoms with E-state index in [-0.39, 0.29) is 11.7 Å². The highest BCUT2D eigenvalue weighted by molar-refractivity contribution is 9.10. The molecule has 5 heteroatoms. The van der Waals surface area contributed by atoms with Gasteiger partial charge in [-0.25, -0.2) is 4.39 Å². The third kappa shape index (κ3) is 3.43. The first-order valence-electron chi connectivity index (χ1n) is 5.42. The van der Waals surface area contributed by atoms with Crippen LogP contribution in [0.15, 0.2) is 45.5 Å². The molecule has 18 heavy (non-hydrogen) atoms. The number of furan rings is 1. The van der Waals surface area contributed by atoms with E-state index in [2.05, 4.69) is 21.2 Å². The Morgan fingerprint density at radius 2 is 2.22 bits per heavy atom. The van der Waals surface area contributed by atoms with Crippen LogP contribution in [0.5, 0.6) is 0 Å². The highest BCUT2D eigenvalue weighted by Crippen LogP contribution is 2.20. The van der Waals surface area contributed by atoms with Crippen molar-refractivity contribution in [3.05, 3.63) is 52.6 Å². The predicted molar refractivity (Wildman–Crippen MR) is 69.8 cm³/mol. The molecule has 1 N–H and O–H groups in total. The van der Waals surface area contributed by atoms with Crippen LogP contribution < -0.4 is 5.32 Å². The topological polar surface area (TPSA) is 42.2 Å². The van der Waals surface area contributed by atoms with Crippen molar-refractivity contribution in [1.29, 1.82) is 0 Å². The van der Waals surface area contributed by atoms with Crippen LogP contribution in [-0.4, -0.2) is 5.91 Å². The highest BCUT2D eigenvalue weighted by Gasteiger charge is 2.06. The first-order chi connectivity index (χ1) is 8.65. The summed E-state index contributed by atoms with van der Waals surface area (Å²) in [5.41, 5.74) is 0.563. The Morgan fingerprint density at radius 1 is 1.39 bits per heavy atom. The van der Waals surface area contributed by atoms with Gasteiger partial charge in [0, 0.05) is 18.5 Å². The lowest BCUT2D eigenvalue weighted by molar-refractivity contribution is -0.116. The average Bonchev–Trinajstić information content (AvgIpc) is 2.84. The molecular weight excluding hydrogens is 301 g/mol. The van der Waals surface area contributed by atoms with Crippen molar-refractivity contribution in [2.45, 2.75) is 12.8 Å². The Balaban J connectivity index is 1.88. The lowest BCUT2D eigenvalue weighted by atomic mass is 10.2. The van der Waals surface area contributed by atoms with Crippen molar-refractivity contribution in [2.75, 3.05) is 5.32 Å². The molecule has 0 spiro atoms. The number of hydrogen-bond acceptors (Lipinski definition) is 2. The number of benzene rings is 1. The zero-order valence-electron chi connectivity index (χ0n) is 9.45. The van der Waals surface area contributed by atoms with Crippen molar-refractivity contribution < 1.29 is 13.6 Å². The molecule has 1 aromatic carbocycles. The van der Waals surface area contributed by atoms with E-state index in [0.717, 1.165) is 5.76 Å². The number of carbonyl (C=O) groups excluding carboxylic acids is 1. The number of rotatable bonds is 4. The molecule has 1 amide bonds. The largest absolute Gasteiger partial charge is 0.469 e. The van der Waals surface area contributed by atoms with E-state index in [0.29, 0.717) is 23.0 Å². The van der Waals surface area contributed by atoms with Gasteiger partial charge in [0.15, 0.2) is 0 Å². The number of amides is 1. The summed E-state index contributed by atoms with van der Waals surface area (Å²) in [5.74, 6) is 0.277. The fourth-order valence-electron chi connectivity index (χ4n) is 1.49. The molecule has 0 fully saturated rings. The second-order valence-corrected chi connectivity index (χ2v) is 4.61. The number of hydrogen-bond donors (Lipinski definition) is 1. The van der Waals surface area contributed by atoms with E-state index in [4.69, 9.17) is 4.42 Å². The van der Waals surface area contributed by atoms with Crippen molar-refractivity contribution in [1.82, 2.24) is 0 Å². The molecule has 0 radical (unpaired) electrons. The monoisotopic (exact) mass is 311 g/mol. The molecule has 2 aromatic rings. The van der Waals surface area contributed by atoms with Crippen molar-refractivity contribution in [2.24, 2.45) is 0 Å². The first-order valence-corrected chi connectivity index (χ1v) is 6.22. The van der Waals surface area contributed by atoms with E-state index < -0.39 is 0 Å². The van der Waals surface area contributed by atoms with Gasteiger partial charge in [-0.3, -0.25) is 4.79 Å². The summed E-state index contributed by atoms with van der Waals surface area (Å²) in [4.78, 5) is 11.6. The van der Waals surface area contributed by atoms with Gasteiger partial charge in [-0.2, -0.15) is 0 Å². The maximum Gasteiger partial charge on any atom is 0.224 e. The molecule has 0 aliphatic heterocycles. The summed E-state index contributed by atoms with van der Waals surface area (Å²) in [6, 6.07) is 7.95. The second-order valence-electron chi connectivity index (χ2n) is 3.76. The summed E-state index contributed by atoms with van der Waals surface area (Å²) in [6.07, 6.45) is 2.44. The third-order valence-electron chi connectivity index (χ3n) is 2.38. The second kappa shape index (κ2) is 5.82. The molecule has 2 rings (SSSR count). The van der Waals surface area contributed by atoms with Crippen molar-refractivity contribution in [3.63, 3.8) is 0 Å². The van der Waals surface area contributed by atoms with Gasteiger partial charge in [-0.1, -0.05) is 0 Å². The number of halogens is 2. The van der Waals surface area contributed by atoms with E-state index in [1.54, 1.807) is 12.3 Å². The fraction of sp³-hybridized carbons (Fsp3) is 0.154. The normalized spacial score (nSPS) is 10.3. The third-order valence-corrected chi connectivity index (χ3v) is 2.99. The van der Waals surface area contributed by atoms with Gasteiger partial charge in [0.25, 0.3) is 0 Å². The van der Waals surface area contributed by atoms with Gasteiger partial charge >= 0.3 is 0 Å². The molecule has 0 unspecified atom stereocenters. The average molecular weight is 312 g/mol. The molecule has 0 atom stereocenters. The molecule has 1 aromatic heterocycles. The summed E-state index contributed by atoms with van der Waals surface area (Å²) >= 11 is 3.07. The standard InChI is InChI=1S/C13H11BrFNO2/c14-11-8-9(3-5-12(11)15)16-13(17)6-4-10-2-1-7-18-10/h1-3,5,7-8H,4,6H2,(H,16,17). The van der Waals surface area contributed by atoms with Crippen LogP contribution >= 0.6 is 15.9 Å². The summed E-state index contributed by atoms with van der Waals surface area (Å²) in [7, 11) is 0. The SMILES string of the molecule is O=C(CCc1ccco1)Nc1ccc(F)c(Br)c1. The smallest absolute Gasteiger partial charge is 0.224 e. The van der Waals surface area contributed by atoms with Gasteiger partial charge in [-0.05, 0) is 46.3 Å². The van der Waals surface area contributed by atoms with Crippen LogP contribution in [0.25, 0.3) is 0 Å². The van der Waals surface area contributed by atoms with E-state index >= 15 is 0 Å². The Morgan fingerprint density at radius 3 is 2.89 bits per heavy atom. The van der Waals surface area contributed by atoms with E-state index in [1.807, 2.05) is 6.07 Å². The van der Waals surface area contributed by atoms with Crippen molar-refractivity contribution in [3.8, 4) is 0 Å². The minimum absolute atomic E-state index is 0.134. The summed E-state index contributed by atoms with van der Waals surface area (Å²) < 4.78 is 18.5. The minimum atomic E-state index is -0.358. The van der Waals surface area contributed by atoms with E-state index in [1.165, 1.54) is 18.2 Å². The molecule has 0 aliphatic carbocycles. The molecule has 0 saturated carbocycles. The summed E-state index contributed by atoms with van der Waals surface area (Å²) in [6.45, 7) is 0. The van der Waals surface area contributed by atoms with Gasteiger partial charge in [0.2, 0.25) is 5.91 Å². The maximum atomic E-state index is 13.0. The molecule has 3 nitrogen and oxygen atoms in total. The maximum absolute atomic E-state index is 13.0. The van der Waals surface area contributed by atoms with Crippen molar-refractivity contribution >= 4 is 27.5 Å². The van der Waals surface area contributed by atoms with Crippen LogP contribution in [0, 0.1) is 5.82 Å². The Bertz CT molecular complexity index is 540.